The maximum atomic E-state index is 13.5. The Labute approximate surface area is 217 Å². The topological polar surface area (TPSA) is 96.0 Å². The van der Waals surface area contributed by atoms with E-state index >= 15 is 0 Å². The van der Waals surface area contributed by atoms with Crippen LogP contribution in [0.25, 0.3) is 0 Å². The third-order valence-electron chi connectivity index (χ3n) is 5.40. The summed E-state index contributed by atoms with van der Waals surface area (Å²) >= 11 is 0. The molecule has 0 aliphatic heterocycles. The van der Waals surface area contributed by atoms with Crippen molar-refractivity contribution < 1.29 is 30.5 Å². The van der Waals surface area contributed by atoms with Gasteiger partial charge in [-0.15, -0.1) is 0 Å². The van der Waals surface area contributed by atoms with Crippen LogP contribution in [0.1, 0.15) is 11.1 Å². The molecule has 9 heteroatoms. The Morgan fingerprint density at radius 1 is 0.622 bits per heavy atom. The minimum Gasteiger partial charge on any atom is -0.490 e. The first-order valence-electron chi connectivity index (χ1n) is 11.4. The standard InChI is InChI=1S/C28H26O7S2/c1-21-8-13-25(14-9-21)36(29,30)28-20-24(35-23-6-4-3-5-7-23)12-17-27(28)33-18-19-34-37(31,32)26-15-10-22(2)11-16-26/h3-17,20H,18-19H2,1-2H3. The van der Waals surface area contributed by atoms with E-state index in [0.717, 1.165) is 11.1 Å². The summed E-state index contributed by atoms with van der Waals surface area (Å²) in [6.07, 6.45) is 0. The third kappa shape index (κ3) is 6.56. The summed E-state index contributed by atoms with van der Waals surface area (Å²) in [5.74, 6) is 0.907. The SMILES string of the molecule is Cc1ccc(S(=O)(=O)OCCOc2ccc(Oc3ccccc3)cc2S(=O)(=O)c2ccc(C)cc2)cc1. The van der Waals surface area contributed by atoms with Crippen LogP contribution in [0, 0.1) is 13.8 Å². The van der Waals surface area contributed by atoms with Gasteiger partial charge in [0.25, 0.3) is 10.1 Å². The minimum atomic E-state index is -3.98. The summed E-state index contributed by atoms with van der Waals surface area (Å²) in [5.41, 5.74) is 1.84. The lowest BCUT2D eigenvalue weighted by Crippen LogP contribution is -2.14. The van der Waals surface area contributed by atoms with Gasteiger partial charge in [0.2, 0.25) is 9.84 Å². The number of benzene rings is 4. The number of hydrogen-bond acceptors (Lipinski definition) is 7. The molecule has 0 amide bonds. The lowest BCUT2D eigenvalue weighted by atomic mass is 10.2. The quantitative estimate of drug-likeness (QED) is 0.188. The van der Waals surface area contributed by atoms with E-state index in [0.29, 0.717) is 11.5 Å². The van der Waals surface area contributed by atoms with Gasteiger partial charge in [-0.2, -0.15) is 8.42 Å². The lowest BCUT2D eigenvalue weighted by molar-refractivity contribution is 0.217. The molecule has 0 saturated heterocycles. The zero-order chi connectivity index (χ0) is 26.5. The van der Waals surface area contributed by atoms with Gasteiger partial charge in [-0.3, -0.25) is 4.18 Å². The molecule has 0 bridgehead atoms. The Morgan fingerprint density at radius 3 is 1.84 bits per heavy atom. The second-order valence-electron chi connectivity index (χ2n) is 8.28. The van der Waals surface area contributed by atoms with Crippen LogP contribution >= 0.6 is 0 Å². The fourth-order valence-electron chi connectivity index (χ4n) is 3.42. The van der Waals surface area contributed by atoms with Crippen molar-refractivity contribution in [1.82, 2.24) is 0 Å². The van der Waals surface area contributed by atoms with Crippen molar-refractivity contribution in [2.24, 2.45) is 0 Å². The second-order valence-corrected chi connectivity index (χ2v) is 11.8. The molecule has 0 saturated carbocycles. The predicted octanol–water partition coefficient (Wildman–Crippen LogP) is 5.71. The van der Waals surface area contributed by atoms with Crippen molar-refractivity contribution in [1.29, 1.82) is 0 Å². The van der Waals surface area contributed by atoms with E-state index in [1.54, 1.807) is 54.6 Å². The van der Waals surface area contributed by atoms with E-state index in [1.165, 1.54) is 36.4 Å². The van der Waals surface area contributed by atoms with Crippen molar-refractivity contribution in [3.8, 4) is 17.2 Å². The third-order valence-corrected chi connectivity index (χ3v) is 8.52. The lowest BCUT2D eigenvalue weighted by Gasteiger charge is -2.15. The smallest absolute Gasteiger partial charge is 0.297 e. The first-order chi connectivity index (χ1) is 17.6. The first-order valence-corrected chi connectivity index (χ1v) is 14.3. The van der Waals surface area contributed by atoms with E-state index < -0.39 is 20.0 Å². The zero-order valence-corrected chi connectivity index (χ0v) is 22.0. The fraction of sp³-hybridized carbons (Fsp3) is 0.143. The van der Waals surface area contributed by atoms with Crippen molar-refractivity contribution >= 4 is 20.0 Å². The highest BCUT2D eigenvalue weighted by Crippen LogP contribution is 2.34. The molecule has 4 aromatic rings. The van der Waals surface area contributed by atoms with Gasteiger partial charge in [0, 0.05) is 6.07 Å². The first kappa shape index (κ1) is 26.4. The number of para-hydroxylation sites is 1. The van der Waals surface area contributed by atoms with Gasteiger partial charge in [0.15, 0.2) is 0 Å². The molecule has 0 heterocycles. The van der Waals surface area contributed by atoms with Gasteiger partial charge >= 0.3 is 0 Å². The molecule has 0 N–H and O–H groups in total. The molecule has 0 aliphatic carbocycles. The van der Waals surface area contributed by atoms with E-state index in [4.69, 9.17) is 13.7 Å². The summed E-state index contributed by atoms with van der Waals surface area (Å²) in [7, 11) is -7.95. The van der Waals surface area contributed by atoms with Gasteiger partial charge in [0.1, 0.15) is 35.4 Å². The van der Waals surface area contributed by atoms with Crippen molar-refractivity contribution in [2.75, 3.05) is 13.2 Å². The number of sulfone groups is 1. The summed E-state index contributed by atoms with van der Waals surface area (Å²) in [6.45, 7) is 3.22. The van der Waals surface area contributed by atoms with Crippen molar-refractivity contribution in [3.05, 3.63) is 108 Å². The summed E-state index contributed by atoms with van der Waals surface area (Å²) in [5, 5.41) is 0. The van der Waals surface area contributed by atoms with E-state index in [-0.39, 0.29) is 33.6 Å². The molecule has 0 fully saturated rings. The molecule has 7 nitrogen and oxygen atoms in total. The largest absolute Gasteiger partial charge is 0.490 e. The number of hydrogen-bond donors (Lipinski definition) is 0. The van der Waals surface area contributed by atoms with Crippen molar-refractivity contribution in [2.45, 2.75) is 28.5 Å². The highest BCUT2D eigenvalue weighted by Gasteiger charge is 2.24. The van der Waals surface area contributed by atoms with Crippen LogP contribution in [-0.2, 0) is 24.1 Å². The Hall–Kier alpha value is -3.66. The van der Waals surface area contributed by atoms with Gasteiger partial charge in [-0.25, -0.2) is 8.42 Å². The van der Waals surface area contributed by atoms with Crippen LogP contribution in [0.2, 0.25) is 0 Å². The van der Waals surface area contributed by atoms with Crippen LogP contribution < -0.4 is 9.47 Å². The van der Waals surface area contributed by atoms with Crippen LogP contribution in [0.15, 0.2) is 112 Å². The molecule has 192 valence electrons. The van der Waals surface area contributed by atoms with E-state index in [9.17, 15) is 16.8 Å². The Balaban J connectivity index is 1.56. The van der Waals surface area contributed by atoms with Crippen LogP contribution in [0.4, 0.5) is 0 Å². The van der Waals surface area contributed by atoms with Gasteiger partial charge < -0.3 is 9.47 Å². The Morgan fingerprint density at radius 2 is 1.22 bits per heavy atom. The van der Waals surface area contributed by atoms with E-state index in [2.05, 4.69) is 0 Å². The predicted molar refractivity (Wildman–Crippen MR) is 139 cm³/mol. The molecule has 4 aromatic carbocycles. The fourth-order valence-corrected chi connectivity index (χ4v) is 5.72. The molecular formula is C28H26O7S2. The molecule has 0 aromatic heterocycles. The van der Waals surface area contributed by atoms with Crippen LogP contribution in [0.3, 0.4) is 0 Å². The van der Waals surface area contributed by atoms with Gasteiger partial charge in [-0.05, 0) is 62.4 Å². The van der Waals surface area contributed by atoms with Gasteiger partial charge in [-0.1, -0.05) is 53.6 Å². The Bertz CT molecular complexity index is 1560. The van der Waals surface area contributed by atoms with Crippen LogP contribution in [0.5, 0.6) is 17.2 Å². The normalized spacial score (nSPS) is 11.7. The maximum absolute atomic E-state index is 13.5. The molecule has 0 radical (unpaired) electrons. The average Bonchev–Trinajstić information content (AvgIpc) is 2.88. The molecule has 0 atom stereocenters. The molecule has 37 heavy (non-hydrogen) atoms. The summed E-state index contributed by atoms with van der Waals surface area (Å²) in [6, 6.07) is 26.2. The van der Waals surface area contributed by atoms with Crippen molar-refractivity contribution in [3.63, 3.8) is 0 Å². The average molecular weight is 539 g/mol. The van der Waals surface area contributed by atoms with E-state index in [1.807, 2.05) is 19.9 Å². The van der Waals surface area contributed by atoms with Gasteiger partial charge in [0.05, 0.1) is 9.79 Å². The zero-order valence-electron chi connectivity index (χ0n) is 20.3. The highest BCUT2D eigenvalue weighted by atomic mass is 32.2. The molecule has 0 aliphatic rings. The monoisotopic (exact) mass is 538 g/mol. The summed E-state index contributed by atoms with van der Waals surface area (Å²) < 4.78 is 68.5. The molecule has 0 spiro atoms. The number of ether oxygens (including phenoxy) is 2. The Kier molecular flexibility index (Phi) is 7.97. The molecule has 0 unspecified atom stereocenters. The van der Waals surface area contributed by atoms with Crippen LogP contribution in [-0.4, -0.2) is 30.0 Å². The summed E-state index contributed by atoms with van der Waals surface area (Å²) in [4.78, 5) is 0.0207. The second kappa shape index (κ2) is 11.2. The number of rotatable bonds is 10. The number of aryl methyl sites for hydroxylation is 2. The molecule has 4 rings (SSSR count). The highest BCUT2D eigenvalue weighted by molar-refractivity contribution is 7.91. The minimum absolute atomic E-state index is 0.0307. The molecular weight excluding hydrogens is 512 g/mol. The maximum Gasteiger partial charge on any atom is 0.297 e.